The summed E-state index contributed by atoms with van der Waals surface area (Å²) in [5.74, 6) is 0.208. The fourth-order valence-electron chi connectivity index (χ4n) is 1.42. The standard InChI is InChI=1S/C11H11NO2S/c12-11(7-3-4-15-6-7)9-5-8(13)1-2-10(9)14/h1-6,11,13-14H,12H2/t11-/m0/s1. The quantitative estimate of drug-likeness (QED) is 0.681. The van der Waals surface area contributed by atoms with E-state index in [0.29, 0.717) is 5.56 Å². The Morgan fingerprint density at radius 2 is 2.00 bits per heavy atom. The average molecular weight is 221 g/mol. The van der Waals surface area contributed by atoms with Gasteiger partial charge >= 0.3 is 0 Å². The maximum absolute atomic E-state index is 9.62. The molecule has 0 radical (unpaired) electrons. The van der Waals surface area contributed by atoms with E-state index in [1.54, 1.807) is 11.3 Å². The summed E-state index contributed by atoms with van der Waals surface area (Å²) in [6, 6.07) is 5.86. The molecule has 0 fully saturated rings. The lowest BCUT2D eigenvalue weighted by Crippen LogP contribution is -2.10. The molecule has 0 aliphatic carbocycles. The third-order valence-corrected chi connectivity index (χ3v) is 2.95. The Labute approximate surface area is 91.4 Å². The lowest BCUT2D eigenvalue weighted by molar-refractivity contribution is 0.451. The number of thiophene rings is 1. The van der Waals surface area contributed by atoms with E-state index in [1.165, 1.54) is 18.2 Å². The molecule has 0 saturated heterocycles. The summed E-state index contributed by atoms with van der Waals surface area (Å²) in [6.07, 6.45) is 0. The molecular weight excluding hydrogens is 210 g/mol. The van der Waals surface area contributed by atoms with Crippen LogP contribution in [-0.2, 0) is 0 Å². The van der Waals surface area contributed by atoms with E-state index in [1.807, 2.05) is 16.8 Å². The monoisotopic (exact) mass is 221 g/mol. The Balaban J connectivity index is 2.41. The minimum atomic E-state index is -0.400. The van der Waals surface area contributed by atoms with E-state index in [2.05, 4.69) is 0 Å². The average Bonchev–Trinajstić information content (AvgIpc) is 2.74. The molecule has 78 valence electrons. The number of benzene rings is 1. The van der Waals surface area contributed by atoms with Gasteiger partial charge in [-0.25, -0.2) is 0 Å². The van der Waals surface area contributed by atoms with Crippen LogP contribution in [0.4, 0.5) is 0 Å². The number of aromatic hydroxyl groups is 2. The first-order chi connectivity index (χ1) is 7.18. The molecule has 0 bridgehead atoms. The van der Waals surface area contributed by atoms with E-state index >= 15 is 0 Å². The van der Waals surface area contributed by atoms with Crippen LogP contribution in [0.15, 0.2) is 35.0 Å². The zero-order valence-electron chi connectivity index (χ0n) is 7.92. The Morgan fingerprint density at radius 1 is 1.20 bits per heavy atom. The summed E-state index contributed by atoms with van der Waals surface area (Å²) in [4.78, 5) is 0. The maximum atomic E-state index is 9.62. The Hall–Kier alpha value is -1.52. The van der Waals surface area contributed by atoms with Gasteiger partial charge in [0.2, 0.25) is 0 Å². The second-order valence-corrected chi connectivity index (χ2v) is 4.06. The lowest BCUT2D eigenvalue weighted by Gasteiger charge is -2.12. The Kier molecular flexibility index (Phi) is 2.62. The maximum Gasteiger partial charge on any atom is 0.120 e. The van der Waals surface area contributed by atoms with Crippen LogP contribution in [0.2, 0.25) is 0 Å². The molecule has 1 heterocycles. The molecule has 4 heteroatoms. The van der Waals surface area contributed by atoms with Crippen molar-refractivity contribution < 1.29 is 10.2 Å². The van der Waals surface area contributed by atoms with Crippen LogP contribution in [-0.4, -0.2) is 10.2 Å². The molecule has 0 unspecified atom stereocenters. The van der Waals surface area contributed by atoms with Gasteiger partial charge in [-0.2, -0.15) is 11.3 Å². The van der Waals surface area contributed by atoms with Crippen LogP contribution in [0, 0.1) is 0 Å². The van der Waals surface area contributed by atoms with Gasteiger partial charge in [0.15, 0.2) is 0 Å². The number of phenolic OH excluding ortho intramolecular Hbond substituents is 2. The van der Waals surface area contributed by atoms with Crippen molar-refractivity contribution in [3.8, 4) is 11.5 Å². The molecule has 1 atom stereocenters. The summed E-state index contributed by atoms with van der Waals surface area (Å²) in [6.45, 7) is 0. The van der Waals surface area contributed by atoms with E-state index in [9.17, 15) is 10.2 Å². The van der Waals surface area contributed by atoms with Crippen molar-refractivity contribution >= 4 is 11.3 Å². The second-order valence-electron chi connectivity index (χ2n) is 3.28. The van der Waals surface area contributed by atoms with Crippen LogP contribution in [0.1, 0.15) is 17.2 Å². The molecule has 3 nitrogen and oxygen atoms in total. The SMILES string of the molecule is N[C@@H](c1ccsc1)c1cc(O)ccc1O. The second kappa shape index (κ2) is 3.92. The lowest BCUT2D eigenvalue weighted by atomic mass is 10.0. The number of hydrogen-bond acceptors (Lipinski definition) is 4. The Bertz CT molecular complexity index is 454. The number of rotatable bonds is 2. The van der Waals surface area contributed by atoms with Gasteiger partial charge in [-0.1, -0.05) is 0 Å². The smallest absolute Gasteiger partial charge is 0.120 e. The van der Waals surface area contributed by atoms with E-state index in [-0.39, 0.29) is 11.5 Å². The fourth-order valence-corrected chi connectivity index (χ4v) is 2.12. The fraction of sp³-hybridized carbons (Fsp3) is 0.0909. The largest absolute Gasteiger partial charge is 0.508 e. The van der Waals surface area contributed by atoms with Crippen molar-refractivity contribution in [2.24, 2.45) is 5.73 Å². The molecule has 0 aliphatic heterocycles. The predicted octanol–water partition coefficient (Wildman–Crippen LogP) is 2.21. The first-order valence-corrected chi connectivity index (χ1v) is 5.42. The summed E-state index contributed by atoms with van der Waals surface area (Å²) < 4.78 is 0. The molecule has 1 aromatic carbocycles. The third-order valence-electron chi connectivity index (χ3n) is 2.25. The first kappa shape index (κ1) is 10.0. The summed E-state index contributed by atoms with van der Waals surface area (Å²) in [5.41, 5.74) is 7.43. The van der Waals surface area contributed by atoms with Crippen LogP contribution in [0.3, 0.4) is 0 Å². The molecule has 0 saturated carbocycles. The van der Waals surface area contributed by atoms with Gasteiger partial charge in [0.05, 0.1) is 6.04 Å². The van der Waals surface area contributed by atoms with Gasteiger partial charge in [-0.05, 0) is 40.6 Å². The van der Waals surface area contributed by atoms with E-state index in [0.717, 1.165) is 5.56 Å². The predicted molar refractivity (Wildman–Crippen MR) is 60.1 cm³/mol. The van der Waals surface area contributed by atoms with E-state index in [4.69, 9.17) is 5.73 Å². The summed E-state index contributed by atoms with van der Waals surface area (Å²) in [5, 5.41) is 22.8. The van der Waals surface area contributed by atoms with Crippen molar-refractivity contribution in [1.29, 1.82) is 0 Å². The van der Waals surface area contributed by atoms with Gasteiger partial charge < -0.3 is 15.9 Å². The van der Waals surface area contributed by atoms with Crippen LogP contribution in [0.5, 0.6) is 11.5 Å². The zero-order chi connectivity index (χ0) is 10.8. The van der Waals surface area contributed by atoms with Gasteiger partial charge in [0.25, 0.3) is 0 Å². The molecule has 15 heavy (non-hydrogen) atoms. The van der Waals surface area contributed by atoms with Gasteiger partial charge in [0.1, 0.15) is 11.5 Å². The summed E-state index contributed by atoms with van der Waals surface area (Å²) in [7, 11) is 0. The topological polar surface area (TPSA) is 66.5 Å². The molecule has 0 aliphatic rings. The molecule has 2 aromatic rings. The minimum Gasteiger partial charge on any atom is -0.508 e. The number of nitrogens with two attached hydrogens (primary N) is 1. The van der Waals surface area contributed by atoms with Crippen LogP contribution in [0.25, 0.3) is 0 Å². The van der Waals surface area contributed by atoms with Gasteiger partial charge in [-0.15, -0.1) is 0 Å². The minimum absolute atomic E-state index is 0.103. The number of phenols is 2. The highest BCUT2D eigenvalue weighted by Gasteiger charge is 2.13. The van der Waals surface area contributed by atoms with Crippen molar-refractivity contribution in [3.05, 3.63) is 46.2 Å². The zero-order valence-corrected chi connectivity index (χ0v) is 8.74. The van der Waals surface area contributed by atoms with Crippen LogP contribution < -0.4 is 5.73 Å². The molecule has 4 N–H and O–H groups in total. The van der Waals surface area contributed by atoms with E-state index < -0.39 is 6.04 Å². The number of hydrogen-bond donors (Lipinski definition) is 3. The highest BCUT2D eigenvalue weighted by atomic mass is 32.1. The van der Waals surface area contributed by atoms with Crippen molar-refractivity contribution in [1.82, 2.24) is 0 Å². The van der Waals surface area contributed by atoms with Crippen molar-refractivity contribution in [2.45, 2.75) is 6.04 Å². The normalized spacial score (nSPS) is 12.6. The summed E-state index contributed by atoms with van der Waals surface area (Å²) >= 11 is 1.55. The molecule has 2 rings (SSSR count). The van der Waals surface area contributed by atoms with Crippen molar-refractivity contribution in [2.75, 3.05) is 0 Å². The first-order valence-electron chi connectivity index (χ1n) is 4.48. The van der Waals surface area contributed by atoms with Gasteiger partial charge in [0, 0.05) is 5.56 Å². The van der Waals surface area contributed by atoms with Crippen molar-refractivity contribution in [3.63, 3.8) is 0 Å². The highest BCUT2D eigenvalue weighted by molar-refractivity contribution is 7.08. The molecule has 0 amide bonds. The molecule has 0 spiro atoms. The Morgan fingerprint density at radius 3 is 2.67 bits per heavy atom. The molecular formula is C11H11NO2S. The van der Waals surface area contributed by atoms with Crippen LogP contribution >= 0.6 is 11.3 Å². The highest BCUT2D eigenvalue weighted by Crippen LogP contribution is 2.31. The van der Waals surface area contributed by atoms with Gasteiger partial charge in [-0.3, -0.25) is 0 Å². The third kappa shape index (κ3) is 1.95. The molecule has 1 aromatic heterocycles.